The van der Waals surface area contributed by atoms with Crippen molar-refractivity contribution in [1.82, 2.24) is 9.78 Å². The van der Waals surface area contributed by atoms with Crippen LogP contribution in [0.1, 0.15) is 43.9 Å². The van der Waals surface area contributed by atoms with Crippen molar-refractivity contribution in [3.8, 4) is 6.07 Å². The van der Waals surface area contributed by atoms with Crippen LogP contribution in [0.2, 0.25) is 0 Å². The number of nitriles is 1. The number of rotatable bonds is 2. The minimum absolute atomic E-state index is 0.605. The van der Waals surface area contributed by atoms with Gasteiger partial charge in [-0.15, -0.1) is 0 Å². The van der Waals surface area contributed by atoms with E-state index >= 15 is 0 Å². The first kappa shape index (κ1) is 11.2. The predicted octanol–water partition coefficient (Wildman–Crippen LogP) is 1.93. The van der Waals surface area contributed by atoms with Crippen molar-refractivity contribution in [2.75, 3.05) is 0 Å². The number of hydrogen-bond donors (Lipinski definition) is 1. The lowest BCUT2D eigenvalue weighted by Gasteiger charge is -2.34. The van der Waals surface area contributed by atoms with Crippen molar-refractivity contribution in [2.24, 2.45) is 12.5 Å². The molecular formula is C12H17N3O. The summed E-state index contributed by atoms with van der Waals surface area (Å²) in [6.07, 6.45) is 5.75. The summed E-state index contributed by atoms with van der Waals surface area (Å²) in [4.78, 5) is 0. The number of nitrogens with zero attached hydrogens (tertiary/aromatic N) is 3. The van der Waals surface area contributed by atoms with Crippen LogP contribution in [0.25, 0.3) is 0 Å². The highest BCUT2D eigenvalue weighted by Crippen LogP contribution is 2.45. The van der Waals surface area contributed by atoms with E-state index in [9.17, 15) is 10.4 Å². The standard InChI is InChI=1S/C12H17N3O/c1-15-10(5-8-14-15)11(16)12(9-13)6-3-2-4-7-12/h5,8,11,16H,2-4,6-7H2,1H3. The van der Waals surface area contributed by atoms with Crippen molar-refractivity contribution in [1.29, 1.82) is 5.26 Å². The summed E-state index contributed by atoms with van der Waals surface area (Å²) in [5, 5.41) is 23.8. The van der Waals surface area contributed by atoms with Gasteiger partial charge >= 0.3 is 0 Å². The molecule has 0 aromatic carbocycles. The lowest BCUT2D eigenvalue weighted by molar-refractivity contribution is 0.0300. The number of aliphatic hydroxyl groups excluding tert-OH is 1. The Morgan fingerprint density at radius 1 is 1.50 bits per heavy atom. The van der Waals surface area contributed by atoms with Crippen LogP contribution in [-0.4, -0.2) is 14.9 Å². The van der Waals surface area contributed by atoms with Gasteiger partial charge in [0.25, 0.3) is 0 Å². The van der Waals surface area contributed by atoms with Crippen LogP contribution < -0.4 is 0 Å². The van der Waals surface area contributed by atoms with Crippen LogP contribution >= 0.6 is 0 Å². The lowest BCUT2D eigenvalue weighted by Crippen LogP contribution is -2.31. The second-order valence-corrected chi connectivity index (χ2v) is 4.61. The van der Waals surface area contributed by atoms with Gasteiger partial charge in [0, 0.05) is 13.2 Å². The molecule has 1 fully saturated rings. The van der Waals surface area contributed by atoms with Gasteiger partial charge in [-0.2, -0.15) is 10.4 Å². The van der Waals surface area contributed by atoms with E-state index in [-0.39, 0.29) is 0 Å². The summed E-state index contributed by atoms with van der Waals surface area (Å²) in [6, 6.07) is 4.13. The normalized spacial score (nSPS) is 21.3. The molecule has 1 N–H and O–H groups in total. The van der Waals surface area contributed by atoms with E-state index < -0.39 is 11.5 Å². The van der Waals surface area contributed by atoms with Crippen molar-refractivity contribution in [3.63, 3.8) is 0 Å². The van der Waals surface area contributed by atoms with E-state index in [1.165, 1.54) is 6.42 Å². The molecule has 0 saturated heterocycles. The largest absolute Gasteiger partial charge is 0.385 e. The molecular weight excluding hydrogens is 202 g/mol. The number of aliphatic hydroxyl groups is 1. The Balaban J connectivity index is 2.28. The van der Waals surface area contributed by atoms with Gasteiger partial charge in [-0.25, -0.2) is 0 Å². The summed E-state index contributed by atoms with van der Waals surface area (Å²) in [7, 11) is 1.80. The summed E-state index contributed by atoms with van der Waals surface area (Å²) in [5.74, 6) is 0. The number of aromatic nitrogens is 2. The third-order valence-corrected chi connectivity index (χ3v) is 3.63. The summed E-state index contributed by atoms with van der Waals surface area (Å²) in [5.41, 5.74) is 0.134. The predicted molar refractivity (Wildman–Crippen MR) is 59.3 cm³/mol. The van der Waals surface area contributed by atoms with E-state index in [1.807, 2.05) is 0 Å². The number of aryl methyl sites for hydroxylation is 1. The molecule has 1 aliphatic carbocycles. The molecule has 4 heteroatoms. The molecule has 0 spiro atoms. The fraction of sp³-hybridized carbons (Fsp3) is 0.667. The van der Waals surface area contributed by atoms with Gasteiger partial charge in [0.2, 0.25) is 0 Å². The average Bonchev–Trinajstić information content (AvgIpc) is 2.75. The van der Waals surface area contributed by atoms with Gasteiger partial charge in [0.05, 0.1) is 17.2 Å². The molecule has 0 bridgehead atoms. The highest BCUT2D eigenvalue weighted by atomic mass is 16.3. The monoisotopic (exact) mass is 219 g/mol. The van der Waals surface area contributed by atoms with Crippen LogP contribution in [-0.2, 0) is 7.05 Å². The Bertz CT molecular complexity index is 399. The average molecular weight is 219 g/mol. The van der Waals surface area contributed by atoms with Gasteiger partial charge in [-0.1, -0.05) is 19.3 Å². The second-order valence-electron chi connectivity index (χ2n) is 4.61. The molecule has 4 nitrogen and oxygen atoms in total. The summed E-state index contributed by atoms with van der Waals surface area (Å²) >= 11 is 0. The quantitative estimate of drug-likeness (QED) is 0.826. The Labute approximate surface area is 95.5 Å². The molecule has 1 aromatic rings. The first-order valence-corrected chi connectivity index (χ1v) is 5.77. The fourth-order valence-electron chi connectivity index (χ4n) is 2.56. The zero-order chi connectivity index (χ0) is 11.6. The molecule has 2 rings (SSSR count). The fourth-order valence-corrected chi connectivity index (χ4v) is 2.56. The second kappa shape index (κ2) is 4.26. The van der Waals surface area contributed by atoms with E-state index in [0.717, 1.165) is 31.4 Å². The molecule has 86 valence electrons. The molecule has 0 aliphatic heterocycles. The van der Waals surface area contributed by atoms with Crippen molar-refractivity contribution < 1.29 is 5.11 Å². The minimum Gasteiger partial charge on any atom is -0.385 e. The summed E-state index contributed by atoms with van der Waals surface area (Å²) < 4.78 is 1.65. The molecule has 0 amide bonds. The van der Waals surface area contributed by atoms with Crippen LogP contribution in [0.5, 0.6) is 0 Å². The van der Waals surface area contributed by atoms with Crippen molar-refractivity contribution in [2.45, 2.75) is 38.2 Å². The zero-order valence-electron chi connectivity index (χ0n) is 9.56. The molecule has 1 saturated carbocycles. The maximum Gasteiger partial charge on any atom is 0.114 e. The minimum atomic E-state index is -0.717. The van der Waals surface area contributed by atoms with E-state index in [0.29, 0.717) is 0 Å². The van der Waals surface area contributed by atoms with Crippen LogP contribution in [0.15, 0.2) is 12.3 Å². The maximum atomic E-state index is 10.4. The van der Waals surface area contributed by atoms with Crippen LogP contribution in [0, 0.1) is 16.7 Å². The first-order valence-electron chi connectivity index (χ1n) is 5.77. The van der Waals surface area contributed by atoms with E-state index in [4.69, 9.17) is 0 Å². The van der Waals surface area contributed by atoms with Gasteiger partial charge in [-0.3, -0.25) is 4.68 Å². The van der Waals surface area contributed by atoms with Crippen molar-refractivity contribution in [3.05, 3.63) is 18.0 Å². The Morgan fingerprint density at radius 3 is 2.69 bits per heavy atom. The Kier molecular flexibility index (Phi) is 2.97. The molecule has 1 aromatic heterocycles. The van der Waals surface area contributed by atoms with Gasteiger partial charge in [-0.05, 0) is 18.9 Å². The molecule has 1 unspecified atom stereocenters. The number of hydrogen-bond acceptors (Lipinski definition) is 3. The zero-order valence-corrected chi connectivity index (χ0v) is 9.56. The maximum absolute atomic E-state index is 10.4. The highest BCUT2D eigenvalue weighted by molar-refractivity contribution is 5.16. The van der Waals surface area contributed by atoms with E-state index in [2.05, 4.69) is 11.2 Å². The molecule has 16 heavy (non-hydrogen) atoms. The molecule has 0 radical (unpaired) electrons. The highest BCUT2D eigenvalue weighted by Gasteiger charge is 2.41. The first-order chi connectivity index (χ1) is 7.69. The Hall–Kier alpha value is -1.34. The van der Waals surface area contributed by atoms with Crippen LogP contribution in [0.3, 0.4) is 0 Å². The topological polar surface area (TPSA) is 61.8 Å². The third kappa shape index (κ3) is 1.72. The molecule has 1 heterocycles. The van der Waals surface area contributed by atoms with E-state index in [1.54, 1.807) is 24.0 Å². The van der Waals surface area contributed by atoms with Gasteiger partial charge in [0.1, 0.15) is 6.10 Å². The Morgan fingerprint density at radius 2 is 2.19 bits per heavy atom. The van der Waals surface area contributed by atoms with Gasteiger partial charge < -0.3 is 5.11 Å². The lowest BCUT2D eigenvalue weighted by atomic mass is 9.70. The molecule has 1 atom stereocenters. The third-order valence-electron chi connectivity index (χ3n) is 3.63. The van der Waals surface area contributed by atoms with Crippen LogP contribution in [0.4, 0.5) is 0 Å². The summed E-state index contributed by atoms with van der Waals surface area (Å²) in [6.45, 7) is 0. The SMILES string of the molecule is Cn1nccc1C(O)C1(C#N)CCCCC1. The van der Waals surface area contributed by atoms with Gasteiger partial charge in [0.15, 0.2) is 0 Å². The smallest absolute Gasteiger partial charge is 0.114 e. The van der Waals surface area contributed by atoms with Crippen molar-refractivity contribution >= 4 is 0 Å². The molecule has 1 aliphatic rings.